The molecule has 0 spiro atoms. The highest BCUT2D eigenvalue weighted by atomic mass is 19.1. The Hall–Kier alpha value is -2.37. The predicted molar refractivity (Wildman–Crippen MR) is 58.5 cm³/mol. The van der Waals surface area contributed by atoms with Crippen LogP contribution in [0.2, 0.25) is 0 Å². The number of anilines is 1. The van der Waals surface area contributed by atoms with Crippen molar-refractivity contribution < 1.29 is 18.0 Å². The summed E-state index contributed by atoms with van der Waals surface area (Å²) in [7, 11) is 0. The molecule has 0 saturated heterocycles. The van der Waals surface area contributed by atoms with Gasteiger partial charge in [0.1, 0.15) is 17.3 Å². The van der Waals surface area contributed by atoms with Crippen LogP contribution in [0.5, 0.6) is 0 Å². The first kappa shape index (κ1) is 12.1. The second-order valence-corrected chi connectivity index (χ2v) is 3.41. The van der Waals surface area contributed by atoms with Gasteiger partial charge in [-0.3, -0.25) is 9.78 Å². The fourth-order valence-electron chi connectivity index (χ4n) is 1.36. The predicted octanol–water partition coefficient (Wildman–Crippen LogP) is 2.75. The van der Waals surface area contributed by atoms with E-state index in [-0.39, 0.29) is 5.56 Å². The minimum Gasteiger partial charge on any atom is -0.317 e. The average molecular weight is 252 g/mol. The van der Waals surface area contributed by atoms with Crippen LogP contribution >= 0.6 is 0 Å². The topological polar surface area (TPSA) is 42.0 Å². The smallest absolute Gasteiger partial charge is 0.258 e. The molecule has 0 bridgehead atoms. The van der Waals surface area contributed by atoms with E-state index in [2.05, 4.69) is 4.98 Å². The first-order valence-electron chi connectivity index (χ1n) is 4.94. The third-order valence-corrected chi connectivity index (χ3v) is 2.22. The lowest BCUT2D eigenvalue weighted by Crippen LogP contribution is -2.16. The summed E-state index contributed by atoms with van der Waals surface area (Å²) in [6.45, 7) is 0. The molecule has 6 heteroatoms. The second kappa shape index (κ2) is 4.87. The van der Waals surface area contributed by atoms with E-state index in [1.54, 1.807) is 0 Å². The number of carbonyl (C=O) groups is 1. The van der Waals surface area contributed by atoms with Gasteiger partial charge in [-0.2, -0.15) is 0 Å². The largest absolute Gasteiger partial charge is 0.317 e. The molecule has 18 heavy (non-hydrogen) atoms. The highest BCUT2D eigenvalue weighted by Gasteiger charge is 2.16. The molecule has 0 unspecified atom stereocenters. The third-order valence-electron chi connectivity index (χ3n) is 2.22. The van der Waals surface area contributed by atoms with Crippen LogP contribution in [0.3, 0.4) is 0 Å². The minimum atomic E-state index is -0.945. The number of carbonyl (C=O) groups excluding carboxylic acids is 1. The fourth-order valence-corrected chi connectivity index (χ4v) is 1.36. The monoisotopic (exact) mass is 252 g/mol. The molecule has 1 aromatic carbocycles. The molecule has 1 aromatic heterocycles. The first-order valence-corrected chi connectivity index (χ1v) is 4.94. The average Bonchev–Trinajstić information content (AvgIpc) is 2.34. The van der Waals surface area contributed by atoms with Gasteiger partial charge < -0.3 is 5.32 Å². The van der Waals surface area contributed by atoms with Crippen LogP contribution in [0.15, 0.2) is 36.7 Å². The summed E-state index contributed by atoms with van der Waals surface area (Å²) in [6.07, 6.45) is 2.04. The number of nitrogens with one attached hydrogen (secondary N) is 1. The molecule has 1 heterocycles. The molecule has 92 valence electrons. The Labute approximate surface area is 100 Å². The molecule has 2 rings (SSSR count). The van der Waals surface area contributed by atoms with Gasteiger partial charge in [0.15, 0.2) is 5.82 Å². The van der Waals surface area contributed by atoms with Gasteiger partial charge in [-0.15, -0.1) is 0 Å². The van der Waals surface area contributed by atoms with Gasteiger partial charge >= 0.3 is 0 Å². The van der Waals surface area contributed by atoms with Crippen molar-refractivity contribution in [1.82, 2.24) is 4.98 Å². The van der Waals surface area contributed by atoms with Gasteiger partial charge in [-0.05, 0) is 18.2 Å². The number of pyridine rings is 1. The summed E-state index contributed by atoms with van der Waals surface area (Å²) in [5.74, 6) is -3.68. The van der Waals surface area contributed by atoms with E-state index in [1.807, 2.05) is 5.32 Å². The number of hydrogen-bond donors (Lipinski definition) is 1. The van der Waals surface area contributed by atoms with Gasteiger partial charge in [0.05, 0.1) is 11.8 Å². The number of nitrogens with zero attached hydrogens (tertiary/aromatic N) is 1. The lowest BCUT2D eigenvalue weighted by Gasteiger charge is -2.07. The molecule has 0 aliphatic heterocycles. The maximum atomic E-state index is 13.3. The van der Waals surface area contributed by atoms with Crippen molar-refractivity contribution in [1.29, 1.82) is 0 Å². The Balaban J connectivity index is 2.30. The van der Waals surface area contributed by atoms with Gasteiger partial charge in [-0.25, -0.2) is 13.2 Å². The number of amides is 1. The molecule has 0 radical (unpaired) electrons. The third kappa shape index (κ3) is 2.32. The van der Waals surface area contributed by atoms with Crippen molar-refractivity contribution in [2.75, 3.05) is 5.32 Å². The van der Waals surface area contributed by atoms with Crippen LogP contribution in [0.4, 0.5) is 18.9 Å². The van der Waals surface area contributed by atoms with E-state index in [1.165, 1.54) is 6.20 Å². The maximum Gasteiger partial charge on any atom is 0.258 e. The Morgan fingerprint density at radius 3 is 2.33 bits per heavy atom. The molecular formula is C12H7F3N2O. The van der Waals surface area contributed by atoms with Crippen LogP contribution in [0.1, 0.15) is 10.4 Å². The van der Waals surface area contributed by atoms with E-state index >= 15 is 0 Å². The van der Waals surface area contributed by atoms with Crippen LogP contribution < -0.4 is 5.32 Å². The summed E-state index contributed by atoms with van der Waals surface area (Å²) in [4.78, 5) is 15.1. The van der Waals surface area contributed by atoms with Crippen molar-refractivity contribution in [2.45, 2.75) is 0 Å². The van der Waals surface area contributed by atoms with Crippen molar-refractivity contribution in [3.63, 3.8) is 0 Å². The van der Waals surface area contributed by atoms with E-state index < -0.39 is 29.0 Å². The number of benzene rings is 1. The van der Waals surface area contributed by atoms with E-state index in [4.69, 9.17) is 0 Å². The Bertz CT molecular complexity index is 581. The molecule has 0 atom stereocenters. The summed E-state index contributed by atoms with van der Waals surface area (Å²) in [6, 6.07) is 4.25. The Kier molecular flexibility index (Phi) is 3.27. The van der Waals surface area contributed by atoms with Gasteiger partial charge in [-0.1, -0.05) is 6.07 Å². The fraction of sp³-hybridized carbons (Fsp3) is 0. The molecule has 0 aliphatic carbocycles. The van der Waals surface area contributed by atoms with Crippen LogP contribution in [-0.2, 0) is 0 Å². The number of hydrogen-bond acceptors (Lipinski definition) is 2. The summed E-state index contributed by atoms with van der Waals surface area (Å²) in [5, 5.41) is 1.98. The zero-order valence-corrected chi connectivity index (χ0v) is 8.95. The Morgan fingerprint density at radius 1 is 1.06 bits per heavy atom. The zero-order chi connectivity index (χ0) is 13.1. The van der Waals surface area contributed by atoms with Gasteiger partial charge in [0.2, 0.25) is 0 Å². The second-order valence-electron chi connectivity index (χ2n) is 3.41. The SMILES string of the molecule is O=C(Nc1c(F)cccc1F)c1ccncc1F. The zero-order valence-electron chi connectivity index (χ0n) is 8.95. The first-order chi connectivity index (χ1) is 8.59. The standard InChI is InChI=1S/C12H7F3N2O/c13-8-2-1-3-9(14)11(8)17-12(18)7-4-5-16-6-10(7)15/h1-6H,(H,17,18). The van der Waals surface area contributed by atoms with Gasteiger partial charge in [0, 0.05) is 6.20 Å². The molecule has 0 aliphatic rings. The van der Waals surface area contributed by atoms with Gasteiger partial charge in [0.25, 0.3) is 5.91 Å². The van der Waals surface area contributed by atoms with Crippen molar-refractivity contribution >= 4 is 11.6 Å². The van der Waals surface area contributed by atoms with E-state index in [0.717, 1.165) is 30.5 Å². The number of aromatic nitrogens is 1. The molecule has 0 saturated carbocycles. The van der Waals surface area contributed by atoms with E-state index in [9.17, 15) is 18.0 Å². The van der Waals surface area contributed by atoms with E-state index in [0.29, 0.717) is 0 Å². The van der Waals surface area contributed by atoms with Crippen molar-refractivity contribution in [2.24, 2.45) is 0 Å². The van der Waals surface area contributed by atoms with Crippen LogP contribution in [-0.4, -0.2) is 10.9 Å². The normalized spacial score (nSPS) is 10.2. The molecule has 1 amide bonds. The number of rotatable bonds is 2. The van der Waals surface area contributed by atoms with Crippen LogP contribution in [0.25, 0.3) is 0 Å². The van der Waals surface area contributed by atoms with Crippen molar-refractivity contribution in [3.05, 3.63) is 59.7 Å². The quantitative estimate of drug-likeness (QED) is 0.892. The minimum absolute atomic E-state index is 0.340. The number of para-hydroxylation sites is 1. The molecule has 2 aromatic rings. The Morgan fingerprint density at radius 2 is 1.72 bits per heavy atom. The molecule has 3 nitrogen and oxygen atoms in total. The highest BCUT2D eigenvalue weighted by molar-refractivity contribution is 6.04. The molecule has 1 N–H and O–H groups in total. The number of halogens is 3. The lowest BCUT2D eigenvalue weighted by molar-refractivity contribution is 0.102. The van der Waals surface area contributed by atoms with Crippen molar-refractivity contribution in [3.8, 4) is 0 Å². The van der Waals surface area contributed by atoms with Crippen LogP contribution in [0, 0.1) is 17.5 Å². The maximum absolute atomic E-state index is 13.3. The molecule has 0 fully saturated rings. The summed E-state index contributed by atoms with van der Waals surface area (Å²) in [5.41, 5.74) is -0.952. The summed E-state index contributed by atoms with van der Waals surface area (Å²) < 4.78 is 39.8. The summed E-state index contributed by atoms with van der Waals surface area (Å²) >= 11 is 0. The lowest BCUT2D eigenvalue weighted by atomic mass is 10.2. The molecular weight excluding hydrogens is 245 g/mol. The highest BCUT2D eigenvalue weighted by Crippen LogP contribution is 2.19.